The number of hydrogen-bond donors (Lipinski definition) is 2. The Morgan fingerprint density at radius 2 is 1.75 bits per heavy atom. The summed E-state index contributed by atoms with van der Waals surface area (Å²) in [6.07, 6.45) is 11.2. The lowest BCUT2D eigenvalue weighted by molar-refractivity contribution is 0.0683. The van der Waals surface area contributed by atoms with Crippen LogP contribution in [-0.2, 0) is 6.54 Å². The Labute approximate surface area is 170 Å². The van der Waals surface area contributed by atoms with Gasteiger partial charge in [-0.05, 0) is 56.5 Å². The zero-order valence-electron chi connectivity index (χ0n) is 17.5. The normalized spacial score (nSPS) is 20.5. The fourth-order valence-corrected chi connectivity index (χ4v) is 4.37. The second kappa shape index (κ2) is 11.6. The fourth-order valence-electron chi connectivity index (χ4n) is 4.37. The van der Waals surface area contributed by atoms with Gasteiger partial charge in [0, 0.05) is 19.1 Å². The quantitative estimate of drug-likeness (QED) is 0.673. The van der Waals surface area contributed by atoms with Crippen molar-refractivity contribution < 1.29 is 14.6 Å². The summed E-state index contributed by atoms with van der Waals surface area (Å²) in [5.74, 6) is 1.45. The Bertz CT molecular complexity index is 567. The molecule has 0 aromatic heterocycles. The third kappa shape index (κ3) is 6.94. The van der Waals surface area contributed by atoms with Crippen molar-refractivity contribution in [3.05, 3.63) is 23.8 Å². The van der Waals surface area contributed by atoms with Crippen LogP contribution in [-0.4, -0.2) is 55.5 Å². The van der Waals surface area contributed by atoms with E-state index in [0.29, 0.717) is 24.9 Å². The smallest absolute Gasteiger partial charge is 0.161 e. The van der Waals surface area contributed by atoms with Crippen LogP contribution in [0, 0.1) is 0 Å². The van der Waals surface area contributed by atoms with E-state index < -0.39 is 6.10 Å². The van der Waals surface area contributed by atoms with Crippen LogP contribution < -0.4 is 14.8 Å². The Morgan fingerprint density at radius 3 is 2.46 bits per heavy atom. The zero-order valence-corrected chi connectivity index (χ0v) is 17.5. The van der Waals surface area contributed by atoms with Crippen LogP contribution in [0.5, 0.6) is 11.5 Å². The van der Waals surface area contributed by atoms with Crippen LogP contribution in [0.1, 0.15) is 63.4 Å². The highest BCUT2D eigenvalue weighted by Gasteiger charge is 2.16. The van der Waals surface area contributed by atoms with Crippen LogP contribution in [0.2, 0.25) is 0 Å². The minimum atomic E-state index is -0.476. The van der Waals surface area contributed by atoms with Gasteiger partial charge in [-0.1, -0.05) is 38.2 Å². The summed E-state index contributed by atoms with van der Waals surface area (Å²) in [5, 5.41) is 14.1. The molecule has 2 aliphatic rings. The van der Waals surface area contributed by atoms with Gasteiger partial charge in [0.05, 0.1) is 7.11 Å². The molecule has 0 spiro atoms. The maximum atomic E-state index is 10.4. The summed E-state index contributed by atoms with van der Waals surface area (Å²) in [6.45, 7) is 4.02. The monoisotopic (exact) mass is 390 g/mol. The number of β-amino-alcohol motifs (C(OH)–C–C–N with tert-alkyl or cyclic N) is 1. The summed E-state index contributed by atoms with van der Waals surface area (Å²) in [5.41, 5.74) is 1.21. The fraction of sp³-hybridized carbons (Fsp3) is 0.739. The average molecular weight is 391 g/mol. The predicted molar refractivity (Wildman–Crippen MR) is 113 cm³/mol. The lowest BCUT2D eigenvalue weighted by Crippen LogP contribution is -2.36. The van der Waals surface area contributed by atoms with Crippen LogP contribution in [0.15, 0.2) is 18.2 Å². The van der Waals surface area contributed by atoms with Gasteiger partial charge in [0.1, 0.15) is 12.7 Å². The highest BCUT2D eigenvalue weighted by Crippen LogP contribution is 2.28. The lowest BCUT2D eigenvalue weighted by Gasteiger charge is -2.24. The molecule has 2 N–H and O–H groups in total. The summed E-state index contributed by atoms with van der Waals surface area (Å²) in [7, 11) is 1.67. The molecule has 5 nitrogen and oxygen atoms in total. The molecule has 1 unspecified atom stereocenters. The molecule has 1 aromatic carbocycles. The Kier molecular flexibility index (Phi) is 8.90. The maximum Gasteiger partial charge on any atom is 0.161 e. The van der Waals surface area contributed by atoms with Gasteiger partial charge in [0.2, 0.25) is 0 Å². The standard InChI is InChI=1S/C23H38N2O3/c1-27-23-15-19(16-24-20-9-5-4-6-10-20)11-12-22(23)28-18-21(26)17-25-13-7-2-3-8-14-25/h11-12,15,20-21,24,26H,2-10,13-14,16-18H2,1H3. The molecule has 1 saturated heterocycles. The van der Waals surface area contributed by atoms with Crippen molar-refractivity contribution in [3.8, 4) is 11.5 Å². The number of aliphatic hydroxyl groups is 1. The zero-order chi connectivity index (χ0) is 19.6. The number of likely N-dealkylation sites (tertiary alicyclic amines) is 1. The molecular weight excluding hydrogens is 352 g/mol. The minimum absolute atomic E-state index is 0.298. The number of benzene rings is 1. The van der Waals surface area contributed by atoms with Gasteiger partial charge in [0.15, 0.2) is 11.5 Å². The molecule has 1 atom stereocenters. The van der Waals surface area contributed by atoms with E-state index in [2.05, 4.69) is 16.3 Å². The molecular formula is C23H38N2O3. The number of methoxy groups -OCH3 is 1. The van der Waals surface area contributed by atoms with E-state index in [0.717, 1.165) is 25.4 Å². The summed E-state index contributed by atoms with van der Waals surface area (Å²) in [4.78, 5) is 2.36. The molecule has 5 heteroatoms. The third-order valence-electron chi connectivity index (χ3n) is 6.03. The van der Waals surface area contributed by atoms with Crippen molar-refractivity contribution in [3.63, 3.8) is 0 Å². The van der Waals surface area contributed by atoms with Crippen LogP contribution in [0.4, 0.5) is 0 Å². The van der Waals surface area contributed by atoms with E-state index in [1.807, 2.05) is 12.1 Å². The first-order chi connectivity index (χ1) is 13.7. The number of rotatable bonds is 9. The van der Waals surface area contributed by atoms with Gasteiger partial charge in [-0.3, -0.25) is 0 Å². The molecule has 0 amide bonds. The molecule has 1 saturated carbocycles. The van der Waals surface area contributed by atoms with Gasteiger partial charge >= 0.3 is 0 Å². The lowest BCUT2D eigenvalue weighted by atomic mass is 9.95. The molecule has 0 bridgehead atoms. The SMILES string of the molecule is COc1cc(CNC2CCCCC2)ccc1OCC(O)CN1CCCCCC1. The van der Waals surface area contributed by atoms with Crippen molar-refractivity contribution in [1.82, 2.24) is 10.2 Å². The average Bonchev–Trinajstić information content (AvgIpc) is 3.00. The largest absolute Gasteiger partial charge is 0.493 e. The van der Waals surface area contributed by atoms with Gasteiger partial charge in [-0.25, -0.2) is 0 Å². The van der Waals surface area contributed by atoms with Gasteiger partial charge in [-0.2, -0.15) is 0 Å². The minimum Gasteiger partial charge on any atom is -0.493 e. The van der Waals surface area contributed by atoms with E-state index in [1.54, 1.807) is 7.11 Å². The molecule has 1 aromatic rings. The number of hydrogen-bond acceptors (Lipinski definition) is 5. The van der Waals surface area contributed by atoms with Crippen molar-refractivity contribution >= 4 is 0 Å². The second-order valence-corrected chi connectivity index (χ2v) is 8.38. The number of ether oxygens (including phenoxy) is 2. The van der Waals surface area contributed by atoms with Crippen molar-refractivity contribution in [1.29, 1.82) is 0 Å². The molecule has 1 heterocycles. The number of nitrogens with one attached hydrogen (secondary N) is 1. The first-order valence-corrected chi connectivity index (χ1v) is 11.2. The molecule has 2 fully saturated rings. The second-order valence-electron chi connectivity index (χ2n) is 8.38. The van der Waals surface area contributed by atoms with Crippen LogP contribution in [0.25, 0.3) is 0 Å². The molecule has 1 aliphatic carbocycles. The summed E-state index contributed by atoms with van der Waals surface area (Å²) >= 11 is 0. The number of aliphatic hydroxyl groups excluding tert-OH is 1. The summed E-state index contributed by atoms with van der Waals surface area (Å²) in [6, 6.07) is 6.75. The topological polar surface area (TPSA) is 54.0 Å². The molecule has 0 radical (unpaired) electrons. The highest BCUT2D eigenvalue weighted by atomic mass is 16.5. The Morgan fingerprint density at radius 1 is 1.04 bits per heavy atom. The first-order valence-electron chi connectivity index (χ1n) is 11.2. The van der Waals surface area contributed by atoms with Gasteiger partial charge in [0.25, 0.3) is 0 Å². The van der Waals surface area contributed by atoms with Crippen LogP contribution in [0.3, 0.4) is 0 Å². The van der Waals surface area contributed by atoms with E-state index in [1.165, 1.54) is 63.4 Å². The molecule has 1 aliphatic heterocycles. The van der Waals surface area contributed by atoms with Crippen molar-refractivity contribution in [2.75, 3.05) is 33.4 Å². The summed E-state index contributed by atoms with van der Waals surface area (Å²) < 4.78 is 11.4. The molecule has 3 rings (SSSR count). The number of nitrogens with zero attached hydrogens (tertiary/aromatic N) is 1. The van der Waals surface area contributed by atoms with E-state index in [-0.39, 0.29) is 0 Å². The first kappa shape index (κ1) is 21.4. The van der Waals surface area contributed by atoms with Gasteiger partial charge in [-0.15, -0.1) is 0 Å². The Hall–Kier alpha value is -1.30. The maximum absolute atomic E-state index is 10.4. The third-order valence-corrected chi connectivity index (χ3v) is 6.03. The van der Waals surface area contributed by atoms with E-state index in [9.17, 15) is 5.11 Å². The Balaban J connectivity index is 1.46. The van der Waals surface area contributed by atoms with Crippen LogP contribution >= 0.6 is 0 Å². The molecule has 158 valence electrons. The van der Waals surface area contributed by atoms with Crippen molar-refractivity contribution in [2.45, 2.75) is 76.5 Å². The molecule has 28 heavy (non-hydrogen) atoms. The van der Waals surface area contributed by atoms with E-state index >= 15 is 0 Å². The van der Waals surface area contributed by atoms with E-state index in [4.69, 9.17) is 9.47 Å². The predicted octanol–water partition coefficient (Wildman–Crippen LogP) is 3.73. The van der Waals surface area contributed by atoms with Crippen molar-refractivity contribution in [2.24, 2.45) is 0 Å². The highest BCUT2D eigenvalue weighted by molar-refractivity contribution is 5.43. The van der Waals surface area contributed by atoms with Gasteiger partial charge < -0.3 is 24.8 Å².